The molecule has 0 aliphatic rings. The van der Waals surface area contributed by atoms with Crippen LogP contribution in [-0.4, -0.2) is 50.5 Å². The predicted molar refractivity (Wildman–Crippen MR) is 133 cm³/mol. The van der Waals surface area contributed by atoms with Crippen LogP contribution in [0.2, 0.25) is 10.0 Å². The Morgan fingerprint density at radius 3 is 2.36 bits per heavy atom. The van der Waals surface area contributed by atoms with E-state index in [4.69, 9.17) is 23.2 Å². The minimum atomic E-state index is -3.66. The molecule has 1 atom stereocenters. The summed E-state index contributed by atoms with van der Waals surface area (Å²) in [5.41, 5.74) is 1.15. The number of sulfonamides is 1. The molecule has 2 amide bonds. The third kappa shape index (κ3) is 7.91. The zero-order valence-corrected chi connectivity index (χ0v) is 21.3. The number of hydrogen-bond donors (Lipinski definition) is 1. The smallest absolute Gasteiger partial charge is 0.242 e. The average molecular weight is 514 g/mol. The monoisotopic (exact) mass is 513 g/mol. The largest absolute Gasteiger partial charge is 0.355 e. The Kier molecular flexibility index (Phi) is 10.0. The van der Waals surface area contributed by atoms with Crippen molar-refractivity contribution in [2.24, 2.45) is 0 Å². The molecule has 0 bridgehead atoms. The van der Waals surface area contributed by atoms with Crippen LogP contribution in [0.15, 0.2) is 48.5 Å². The van der Waals surface area contributed by atoms with Crippen LogP contribution in [-0.2, 0) is 26.2 Å². The maximum atomic E-state index is 13.1. The Hall–Kier alpha value is -2.29. The molecule has 0 fully saturated rings. The molecular weight excluding hydrogens is 485 g/mol. The molecule has 2 rings (SSSR count). The van der Waals surface area contributed by atoms with Crippen LogP contribution in [0.4, 0.5) is 5.69 Å². The zero-order chi connectivity index (χ0) is 24.6. The lowest BCUT2D eigenvalue weighted by Crippen LogP contribution is -2.47. The minimum absolute atomic E-state index is 0.0410. The van der Waals surface area contributed by atoms with Crippen molar-refractivity contribution in [2.75, 3.05) is 23.7 Å². The van der Waals surface area contributed by atoms with Gasteiger partial charge in [-0.1, -0.05) is 53.5 Å². The fourth-order valence-electron chi connectivity index (χ4n) is 3.34. The predicted octanol–water partition coefficient (Wildman–Crippen LogP) is 4.09. The maximum Gasteiger partial charge on any atom is 0.242 e. The number of amides is 2. The standard InChI is InChI=1S/C23H29Cl2N3O4S/c1-4-26-23(30)17(2)27(16-18-9-6-5-7-10-18)22(29)11-8-14-28(33(3,31)32)21-15-19(24)12-13-20(21)25/h5-7,9-10,12-13,15,17H,4,8,11,14,16H2,1-3H3,(H,26,30). The summed E-state index contributed by atoms with van der Waals surface area (Å²) in [5.74, 6) is -0.492. The summed E-state index contributed by atoms with van der Waals surface area (Å²) in [6.45, 7) is 4.27. The average Bonchev–Trinajstić information content (AvgIpc) is 2.76. The van der Waals surface area contributed by atoms with Crippen molar-refractivity contribution in [1.82, 2.24) is 10.2 Å². The molecule has 0 aliphatic heterocycles. The van der Waals surface area contributed by atoms with E-state index < -0.39 is 16.1 Å². The Balaban J connectivity index is 2.16. The molecule has 7 nitrogen and oxygen atoms in total. The molecule has 0 radical (unpaired) electrons. The van der Waals surface area contributed by atoms with E-state index in [1.54, 1.807) is 13.0 Å². The summed E-state index contributed by atoms with van der Waals surface area (Å²) in [5, 5.41) is 3.34. The molecule has 10 heteroatoms. The van der Waals surface area contributed by atoms with Crippen LogP contribution in [0.5, 0.6) is 0 Å². The highest BCUT2D eigenvalue weighted by molar-refractivity contribution is 7.92. The first-order valence-corrected chi connectivity index (χ1v) is 13.2. The molecule has 2 aromatic rings. The summed E-state index contributed by atoms with van der Waals surface area (Å²) >= 11 is 12.2. The van der Waals surface area contributed by atoms with E-state index in [1.165, 1.54) is 17.0 Å². The number of anilines is 1. The molecule has 2 aromatic carbocycles. The van der Waals surface area contributed by atoms with Crippen molar-refractivity contribution in [3.8, 4) is 0 Å². The SMILES string of the molecule is CCNC(=O)C(C)N(Cc1ccccc1)C(=O)CCCN(c1cc(Cl)ccc1Cl)S(C)(=O)=O. The fourth-order valence-corrected chi connectivity index (χ4v) is 4.75. The number of benzene rings is 2. The first-order chi connectivity index (χ1) is 15.5. The molecule has 0 saturated heterocycles. The third-order valence-electron chi connectivity index (χ3n) is 5.04. The quantitative estimate of drug-likeness (QED) is 0.490. The Morgan fingerprint density at radius 1 is 1.09 bits per heavy atom. The van der Waals surface area contributed by atoms with Gasteiger partial charge in [-0.15, -0.1) is 0 Å². The molecule has 0 spiro atoms. The van der Waals surface area contributed by atoms with Crippen LogP contribution in [0, 0.1) is 0 Å². The van der Waals surface area contributed by atoms with Crippen LogP contribution in [0.1, 0.15) is 32.3 Å². The van der Waals surface area contributed by atoms with Crippen molar-refractivity contribution < 1.29 is 18.0 Å². The number of hydrogen-bond acceptors (Lipinski definition) is 4. The third-order valence-corrected chi connectivity index (χ3v) is 6.78. The van der Waals surface area contributed by atoms with Gasteiger partial charge < -0.3 is 10.2 Å². The van der Waals surface area contributed by atoms with Gasteiger partial charge in [-0.2, -0.15) is 0 Å². The number of carbonyl (C=O) groups is 2. The fraction of sp³-hybridized carbons (Fsp3) is 0.391. The number of nitrogens with zero attached hydrogens (tertiary/aromatic N) is 2. The number of carbonyl (C=O) groups excluding carboxylic acids is 2. The van der Waals surface area contributed by atoms with Gasteiger partial charge in [0.15, 0.2) is 0 Å². The summed E-state index contributed by atoms with van der Waals surface area (Å²) in [6.07, 6.45) is 1.37. The zero-order valence-electron chi connectivity index (χ0n) is 18.9. The van der Waals surface area contributed by atoms with E-state index in [0.29, 0.717) is 11.6 Å². The number of halogens is 2. The molecule has 180 valence electrons. The van der Waals surface area contributed by atoms with E-state index in [1.807, 2.05) is 37.3 Å². The summed E-state index contributed by atoms with van der Waals surface area (Å²) < 4.78 is 25.9. The highest BCUT2D eigenvalue weighted by atomic mass is 35.5. The van der Waals surface area contributed by atoms with Gasteiger partial charge in [0.1, 0.15) is 6.04 Å². The highest BCUT2D eigenvalue weighted by Gasteiger charge is 2.26. The lowest BCUT2D eigenvalue weighted by molar-refractivity contribution is -0.140. The second-order valence-electron chi connectivity index (χ2n) is 7.61. The van der Waals surface area contributed by atoms with Crippen molar-refractivity contribution in [3.05, 3.63) is 64.1 Å². The van der Waals surface area contributed by atoms with Crippen molar-refractivity contribution in [1.29, 1.82) is 0 Å². The molecule has 33 heavy (non-hydrogen) atoms. The van der Waals surface area contributed by atoms with Gasteiger partial charge >= 0.3 is 0 Å². The van der Waals surface area contributed by atoms with E-state index >= 15 is 0 Å². The van der Waals surface area contributed by atoms with Gasteiger partial charge in [0.25, 0.3) is 0 Å². The molecular formula is C23H29Cl2N3O4S. The second-order valence-corrected chi connectivity index (χ2v) is 10.4. The van der Waals surface area contributed by atoms with Gasteiger partial charge in [0.05, 0.1) is 17.0 Å². The van der Waals surface area contributed by atoms with Crippen LogP contribution >= 0.6 is 23.2 Å². The topological polar surface area (TPSA) is 86.8 Å². The maximum absolute atomic E-state index is 13.1. The Bertz CT molecular complexity index is 1060. The van der Waals surface area contributed by atoms with E-state index in [2.05, 4.69) is 5.32 Å². The van der Waals surface area contributed by atoms with Crippen molar-refractivity contribution in [3.63, 3.8) is 0 Å². The first kappa shape index (κ1) is 27.0. The Labute approximate surface area is 205 Å². The summed E-state index contributed by atoms with van der Waals surface area (Å²) in [7, 11) is -3.66. The van der Waals surface area contributed by atoms with E-state index in [9.17, 15) is 18.0 Å². The number of likely N-dealkylation sites (N-methyl/N-ethyl adjacent to an activating group) is 1. The minimum Gasteiger partial charge on any atom is -0.355 e. The lowest BCUT2D eigenvalue weighted by Gasteiger charge is -2.29. The van der Waals surface area contributed by atoms with Gasteiger partial charge in [-0.05, 0) is 44.0 Å². The normalized spacial score (nSPS) is 12.2. The molecule has 1 N–H and O–H groups in total. The molecule has 0 saturated carbocycles. The van der Waals surface area contributed by atoms with Gasteiger partial charge in [0.2, 0.25) is 21.8 Å². The number of nitrogens with one attached hydrogen (secondary N) is 1. The molecule has 1 unspecified atom stereocenters. The molecule has 0 heterocycles. The Morgan fingerprint density at radius 2 is 1.76 bits per heavy atom. The van der Waals surface area contributed by atoms with Crippen LogP contribution in [0.3, 0.4) is 0 Å². The summed E-state index contributed by atoms with van der Waals surface area (Å²) in [6, 6.07) is 13.3. The van der Waals surface area contributed by atoms with E-state index in [-0.39, 0.29) is 48.5 Å². The number of rotatable bonds is 11. The van der Waals surface area contributed by atoms with Gasteiger partial charge in [-0.25, -0.2) is 8.42 Å². The van der Waals surface area contributed by atoms with Crippen molar-refractivity contribution in [2.45, 2.75) is 39.3 Å². The first-order valence-electron chi connectivity index (χ1n) is 10.6. The lowest BCUT2D eigenvalue weighted by atomic mass is 10.1. The van der Waals surface area contributed by atoms with Crippen LogP contribution in [0.25, 0.3) is 0 Å². The summed E-state index contributed by atoms with van der Waals surface area (Å²) in [4.78, 5) is 27.1. The van der Waals surface area contributed by atoms with Gasteiger partial charge in [-0.3, -0.25) is 13.9 Å². The van der Waals surface area contributed by atoms with Crippen molar-refractivity contribution >= 4 is 50.7 Å². The highest BCUT2D eigenvalue weighted by Crippen LogP contribution is 2.31. The van der Waals surface area contributed by atoms with E-state index in [0.717, 1.165) is 16.1 Å². The van der Waals surface area contributed by atoms with Gasteiger partial charge in [0, 0.05) is 31.1 Å². The van der Waals surface area contributed by atoms with Crippen LogP contribution < -0.4 is 9.62 Å². The molecule has 0 aromatic heterocycles. The molecule has 0 aliphatic carbocycles. The second kappa shape index (κ2) is 12.3.